The Bertz CT molecular complexity index is 1090. The second-order valence-corrected chi connectivity index (χ2v) is 9.72. The molecule has 0 saturated carbocycles. The van der Waals surface area contributed by atoms with E-state index in [1.165, 1.54) is 39.4 Å². The van der Waals surface area contributed by atoms with E-state index < -0.39 is 0 Å². The molecule has 0 saturated heterocycles. The van der Waals surface area contributed by atoms with Gasteiger partial charge in [0.2, 0.25) is 0 Å². The molecule has 132 valence electrons. The summed E-state index contributed by atoms with van der Waals surface area (Å²) in [5.74, 6) is 0.868. The molecule has 0 spiro atoms. The van der Waals surface area contributed by atoms with Crippen molar-refractivity contribution < 1.29 is 0 Å². The third kappa shape index (κ3) is 2.75. The minimum atomic E-state index is -0.0365. The summed E-state index contributed by atoms with van der Waals surface area (Å²) in [5.41, 5.74) is 3.74. The number of aryl methyl sites for hydroxylation is 3. The Labute approximate surface area is 164 Å². The average molecular weight is 399 g/mol. The number of hydrogen-bond donors (Lipinski definition) is 0. The fourth-order valence-electron chi connectivity index (χ4n) is 3.60. The lowest BCUT2D eigenvalue weighted by atomic mass is 9.97. The van der Waals surface area contributed by atoms with E-state index in [-0.39, 0.29) is 5.56 Å². The maximum Gasteiger partial charge on any atom is 0.282 e. The standard InChI is InChI=1S/C20H18N2OS3/c1-12-6-8-14(9-7-12)24-10-13-11-25-20-21-18(23)17-15-4-2-3-5-16(15)26-19(17)22(13)20/h6-10H,2-5,11H2,1H3/b13-10+. The normalized spacial score (nSPS) is 17.7. The summed E-state index contributed by atoms with van der Waals surface area (Å²) in [6.07, 6.45) is 4.54. The number of nitrogens with zero attached hydrogens (tertiary/aromatic N) is 2. The van der Waals surface area contributed by atoms with Crippen molar-refractivity contribution >= 4 is 50.8 Å². The van der Waals surface area contributed by atoms with Crippen molar-refractivity contribution in [1.82, 2.24) is 9.55 Å². The minimum absolute atomic E-state index is 0.0365. The second-order valence-electron chi connectivity index (χ2n) is 6.75. The zero-order chi connectivity index (χ0) is 17.7. The number of fused-ring (bicyclic) bond motifs is 5. The van der Waals surface area contributed by atoms with Gasteiger partial charge < -0.3 is 0 Å². The summed E-state index contributed by atoms with van der Waals surface area (Å²) in [6.45, 7) is 2.11. The number of hydrogen-bond acceptors (Lipinski definition) is 5. The molecule has 1 aromatic carbocycles. The molecule has 26 heavy (non-hydrogen) atoms. The number of thioether (sulfide) groups is 2. The summed E-state index contributed by atoms with van der Waals surface area (Å²) in [6, 6.07) is 8.59. The Kier molecular flexibility index (Phi) is 4.22. The van der Waals surface area contributed by atoms with E-state index in [1.807, 2.05) is 0 Å². The van der Waals surface area contributed by atoms with Crippen LogP contribution in [0.1, 0.15) is 28.8 Å². The molecule has 0 unspecified atom stereocenters. The monoisotopic (exact) mass is 398 g/mol. The Morgan fingerprint density at radius 2 is 2.00 bits per heavy atom. The highest BCUT2D eigenvalue weighted by molar-refractivity contribution is 8.02. The van der Waals surface area contributed by atoms with Gasteiger partial charge in [-0.3, -0.25) is 9.36 Å². The fraction of sp³-hybridized carbons (Fsp3) is 0.300. The highest BCUT2D eigenvalue weighted by Gasteiger charge is 2.26. The molecule has 6 heteroatoms. The Hall–Kier alpha value is -1.50. The van der Waals surface area contributed by atoms with Crippen molar-refractivity contribution in [3.8, 4) is 0 Å². The fourth-order valence-corrected chi connectivity index (χ4v) is 6.91. The van der Waals surface area contributed by atoms with Crippen LogP contribution in [0.2, 0.25) is 0 Å². The number of aromatic nitrogens is 2. The summed E-state index contributed by atoms with van der Waals surface area (Å²) in [7, 11) is 0. The van der Waals surface area contributed by atoms with Crippen LogP contribution in [0.5, 0.6) is 0 Å². The highest BCUT2D eigenvalue weighted by Crippen LogP contribution is 2.41. The molecular formula is C20H18N2OS3. The minimum Gasteiger partial charge on any atom is -0.282 e. The van der Waals surface area contributed by atoms with E-state index in [4.69, 9.17) is 0 Å². The van der Waals surface area contributed by atoms with E-state index in [9.17, 15) is 4.79 Å². The molecule has 2 aromatic heterocycles. The topological polar surface area (TPSA) is 34.9 Å². The van der Waals surface area contributed by atoms with Gasteiger partial charge in [0.15, 0.2) is 5.16 Å². The zero-order valence-corrected chi connectivity index (χ0v) is 16.9. The molecule has 3 aromatic rings. The number of rotatable bonds is 2. The highest BCUT2D eigenvalue weighted by atomic mass is 32.2. The predicted molar refractivity (Wildman–Crippen MR) is 113 cm³/mol. The smallest absolute Gasteiger partial charge is 0.282 e. The van der Waals surface area contributed by atoms with Crippen LogP contribution in [0.25, 0.3) is 15.9 Å². The van der Waals surface area contributed by atoms with Crippen LogP contribution in [0.4, 0.5) is 0 Å². The summed E-state index contributed by atoms with van der Waals surface area (Å²) >= 11 is 5.21. The molecule has 1 aliphatic carbocycles. The van der Waals surface area contributed by atoms with Crippen LogP contribution in [0.15, 0.2) is 44.5 Å². The van der Waals surface area contributed by atoms with Gasteiger partial charge in [0.05, 0.1) is 5.39 Å². The molecular weight excluding hydrogens is 380 g/mol. The van der Waals surface area contributed by atoms with Crippen LogP contribution in [-0.4, -0.2) is 15.3 Å². The molecule has 0 bridgehead atoms. The van der Waals surface area contributed by atoms with Crippen LogP contribution in [-0.2, 0) is 12.8 Å². The lowest BCUT2D eigenvalue weighted by Gasteiger charge is -2.09. The largest absolute Gasteiger partial charge is 0.282 e. The Morgan fingerprint density at radius 3 is 2.85 bits per heavy atom. The molecule has 0 N–H and O–H groups in total. The molecule has 0 atom stereocenters. The lowest BCUT2D eigenvalue weighted by Crippen LogP contribution is -2.13. The van der Waals surface area contributed by atoms with E-state index in [1.54, 1.807) is 34.9 Å². The van der Waals surface area contributed by atoms with Crippen molar-refractivity contribution in [3.63, 3.8) is 0 Å². The summed E-state index contributed by atoms with van der Waals surface area (Å²) in [4.78, 5) is 20.8. The van der Waals surface area contributed by atoms with Gasteiger partial charge in [-0.2, -0.15) is 4.98 Å². The molecule has 1 aliphatic heterocycles. The molecule has 3 heterocycles. The first-order valence-electron chi connectivity index (χ1n) is 8.83. The first-order valence-corrected chi connectivity index (χ1v) is 11.5. The van der Waals surface area contributed by atoms with E-state index in [0.717, 1.165) is 34.0 Å². The predicted octanol–water partition coefficient (Wildman–Crippen LogP) is 5.34. The molecule has 0 amide bonds. The van der Waals surface area contributed by atoms with Gasteiger partial charge in [-0.15, -0.1) is 11.3 Å². The SMILES string of the molecule is Cc1ccc(S/C=C2\CSc3nc(=O)c4c5c(sc4n32)CCCC5)cc1. The Balaban J connectivity index is 1.61. The van der Waals surface area contributed by atoms with Gasteiger partial charge in [-0.1, -0.05) is 41.2 Å². The van der Waals surface area contributed by atoms with E-state index in [0.29, 0.717) is 0 Å². The van der Waals surface area contributed by atoms with Gasteiger partial charge in [0.25, 0.3) is 5.56 Å². The summed E-state index contributed by atoms with van der Waals surface area (Å²) < 4.78 is 2.23. The summed E-state index contributed by atoms with van der Waals surface area (Å²) in [5, 5.41) is 3.94. The van der Waals surface area contributed by atoms with Crippen LogP contribution in [0, 0.1) is 6.92 Å². The van der Waals surface area contributed by atoms with Crippen molar-refractivity contribution in [1.29, 1.82) is 0 Å². The second kappa shape index (κ2) is 6.59. The average Bonchev–Trinajstić information content (AvgIpc) is 3.22. The van der Waals surface area contributed by atoms with Crippen LogP contribution in [0.3, 0.4) is 0 Å². The Morgan fingerprint density at radius 1 is 1.19 bits per heavy atom. The number of benzene rings is 1. The third-order valence-corrected chi connectivity index (χ3v) is 8.13. The van der Waals surface area contributed by atoms with Crippen molar-refractivity contribution in [2.24, 2.45) is 0 Å². The van der Waals surface area contributed by atoms with E-state index >= 15 is 0 Å². The maximum absolute atomic E-state index is 12.6. The molecule has 3 nitrogen and oxygen atoms in total. The first kappa shape index (κ1) is 16.7. The lowest BCUT2D eigenvalue weighted by molar-refractivity contribution is 0.699. The van der Waals surface area contributed by atoms with Gasteiger partial charge in [-0.05, 0) is 55.7 Å². The molecule has 2 aliphatic rings. The van der Waals surface area contributed by atoms with Gasteiger partial charge in [-0.25, -0.2) is 0 Å². The van der Waals surface area contributed by atoms with E-state index in [2.05, 4.69) is 46.1 Å². The van der Waals surface area contributed by atoms with Gasteiger partial charge in [0.1, 0.15) is 4.83 Å². The van der Waals surface area contributed by atoms with Crippen molar-refractivity contribution in [3.05, 3.63) is 56.0 Å². The molecule has 0 fully saturated rings. The molecule has 0 radical (unpaired) electrons. The van der Waals surface area contributed by atoms with Crippen LogP contribution >= 0.6 is 34.9 Å². The maximum atomic E-state index is 12.6. The van der Waals surface area contributed by atoms with Crippen molar-refractivity contribution in [2.45, 2.75) is 42.7 Å². The molecule has 5 rings (SSSR count). The first-order chi connectivity index (χ1) is 12.7. The van der Waals surface area contributed by atoms with Crippen LogP contribution < -0.4 is 5.56 Å². The zero-order valence-electron chi connectivity index (χ0n) is 14.4. The third-order valence-electron chi connectivity index (χ3n) is 4.95. The van der Waals surface area contributed by atoms with Crippen molar-refractivity contribution in [2.75, 3.05) is 5.75 Å². The number of thiophene rings is 1. The van der Waals surface area contributed by atoms with Gasteiger partial charge >= 0.3 is 0 Å². The van der Waals surface area contributed by atoms with Gasteiger partial charge in [0, 0.05) is 21.2 Å². The quantitative estimate of drug-likeness (QED) is 0.431.